The van der Waals surface area contributed by atoms with E-state index in [-0.39, 0.29) is 17.3 Å². The number of ether oxygens (including phenoxy) is 2. The molecule has 0 saturated heterocycles. The summed E-state index contributed by atoms with van der Waals surface area (Å²) in [4.78, 5) is 41.0. The van der Waals surface area contributed by atoms with E-state index in [1.807, 2.05) is 0 Å². The molecule has 0 spiro atoms. The summed E-state index contributed by atoms with van der Waals surface area (Å²) in [5.74, 6) is -0.687. The SMILES string of the molecule is CCOC(=O)CSc1ccc(C(=O)N(NC(=O)OC(C)(C)C)c2ccccc2)cn1. The Morgan fingerprint density at radius 3 is 2.37 bits per heavy atom. The van der Waals surface area contributed by atoms with Crippen LogP contribution in [0.3, 0.4) is 0 Å². The van der Waals surface area contributed by atoms with Crippen molar-refractivity contribution >= 4 is 35.4 Å². The number of rotatable bonds is 6. The van der Waals surface area contributed by atoms with E-state index in [0.717, 1.165) is 5.01 Å². The van der Waals surface area contributed by atoms with Crippen LogP contribution in [-0.4, -0.2) is 40.9 Å². The van der Waals surface area contributed by atoms with Gasteiger partial charge in [-0.2, -0.15) is 0 Å². The Kier molecular flexibility index (Phi) is 8.23. The number of aromatic nitrogens is 1. The normalized spacial score (nSPS) is 10.8. The van der Waals surface area contributed by atoms with E-state index in [1.165, 1.54) is 18.0 Å². The van der Waals surface area contributed by atoms with Crippen molar-refractivity contribution < 1.29 is 23.9 Å². The fraction of sp³-hybridized carbons (Fsp3) is 0.333. The maximum absolute atomic E-state index is 13.0. The summed E-state index contributed by atoms with van der Waals surface area (Å²) >= 11 is 1.21. The van der Waals surface area contributed by atoms with Crippen LogP contribution in [0.1, 0.15) is 38.1 Å². The standard InChI is InChI=1S/C21H25N3O5S/c1-5-28-18(25)14-30-17-12-11-15(13-22-17)19(26)24(16-9-7-6-8-10-16)23-20(27)29-21(2,3)4/h6-13H,5,14H2,1-4H3,(H,23,27). The highest BCUT2D eigenvalue weighted by Gasteiger charge is 2.24. The van der Waals surface area contributed by atoms with E-state index in [9.17, 15) is 14.4 Å². The second-order valence-electron chi connectivity index (χ2n) is 7.07. The molecule has 0 unspecified atom stereocenters. The molecular formula is C21H25N3O5S. The Balaban J connectivity index is 2.15. The number of nitrogens with zero attached hydrogens (tertiary/aromatic N) is 2. The largest absolute Gasteiger partial charge is 0.465 e. The van der Waals surface area contributed by atoms with Crippen molar-refractivity contribution in [2.75, 3.05) is 17.4 Å². The highest BCUT2D eigenvalue weighted by molar-refractivity contribution is 7.99. The summed E-state index contributed by atoms with van der Waals surface area (Å²) in [7, 11) is 0. The first kappa shape index (κ1) is 23.2. The number of amides is 2. The molecule has 0 aliphatic rings. The zero-order chi connectivity index (χ0) is 22.1. The topological polar surface area (TPSA) is 97.8 Å². The zero-order valence-electron chi connectivity index (χ0n) is 17.4. The molecule has 1 aromatic heterocycles. The second-order valence-corrected chi connectivity index (χ2v) is 8.06. The third-order valence-electron chi connectivity index (χ3n) is 3.45. The number of hydrazine groups is 1. The number of benzene rings is 1. The smallest absolute Gasteiger partial charge is 0.427 e. The van der Waals surface area contributed by atoms with Gasteiger partial charge in [-0.05, 0) is 52.0 Å². The minimum atomic E-state index is -0.755. The molecule has 0 radical (unpaired) electrons. The maximum atomic E-state index is 13.0. The highest BCUT2D eigenvalue weighted by atomic mass is 32.2. The average Bonchev–Trinajstić information content (AvgIpc) is 2.70. The lowest BCUT2D eigenvalue weighted by atomic mass is 10.2. The predicted octanol–water partition coefficient (Wildman–Crippen LogP) is 3.82. The van der Waals surface area contributed by atoms with Crippen LogP contribution >= 0.6 is 11.8 Å². The summed E-state index contributed by atoms with van der Waals surface area (Å²) in [5, 5.41) is 1.68. The minimum Gasteiger partial charge on any atom is -0.465 e. The highest BCUT2D eigenvalue weighted by Crippen LogP contribution is 2.19. The minimum absolute atomic E-state index is 0.129. The van der Waals surface area contributed by atoms with Crippen LogP contribution < -0.4 is 10.4 Å². The van der Waals surface area contributed by atoms with Crippen LogP contribution in [0.25, 0.3) is 0 Å². The van der Waals surface area contributed by atoms with Crippen molar-refractivity contribution in [2.45, 2.75) is 38.3 Å². The molecule has 0 aliphatic heterocycles. The number of thioether (sulfide) groups is 1. The maximum Gasteiger partial charge on any atom is 0.427 e. The van der Waals surface area contributed by atoms with Gasteiger partial charge in [0.15, 0.2) is 0 Å². The summed E-state index contributed by atoms with van der Waals surface area (Å²) in [6, 6.07) is 11.9. The lowest BCUT2D eigenvalue weighted by molar-refractivity contribution is -0.139. The molecule has 160 valence electrons. The van der Waals surface area contributed by atoms with Crippen LogP contribution in [0.5, 0.6) is 0 Å². The summed E-state index contributed by atoms with van der Waals surface area (Å²) in [6.45, 7) is 7.26. The fourth-order valence-electron chi connectivity index (χ4n) is 2.26. The first-order chi connectivity index (χ1) is 14.2. The Hall–Kier alpha value is -3.07. The number of para-hydroxylation sites is 1. The van der Waals surface area contributed by atoms with E-state index in [2.05, 4.69) is 10.4 Å². The van der Waals surface area contributed by atoms with Crippen molar-refractivity contribution in [3.8, 4) is 0 Å². The van der Waals surface area contributed by atoms with Gasteiger partial charge in [0.1, 0.15) is 5.60 Å². The van der Waals surface area contributed by atoms with E-state index in [4.69, 9.17) is 9.47 Å². The molecule has 2 amide bonds. The van der Waals surface area contributed by atoms with Gasteiger partial charge in [0.05, 0.1) is 28.6 Å². The number of anilines is 1. The van der Waals surface area contributed by atoms with Gasteiger partial charge in [0.2, 0.25) is 0 Å². The molecule has 30 heavy (non-hydrogen) atoms. The Morgan fingerprint density at radius 2 is 1.80 bits per heavy atom. The van der Waals surface area contributed by atoms with Gasteiger partial charge in [-0.3, -0.25) is 9.59 Å². The fourth-order valence-corrected chi connectivity index (χ4v) is 2.90. The van der Waals surface area contributed by atoms with Crippen LogP contribution in [0.2, 0.25) is 0 Å². The van der Waals surface area contributed by atoms with Gasteiger partial charge < -0.3 is 9.47 Å². The molecule has 8 nitrogen and oxygen atoms in total. The van der Waals surface area contributed by atoms with E-state index in [0.29, 0.717) is 17.3 Å². The van der Waals surface area contributed by atoms with Crippen molar-refractivity contribution in [3.05, 3.63) is 54.2 Å². The van der Waals surface area contributed by atoms with E-state index in [1.54, 1.807) is 70.2 Å². The molecule has 1 heterocycles. The molecule has 0 aliphatic carbocycles. The van der Waals surface area contributed by atoms with Gasteiger partial charge in [0, 0.05) is 6.20 Å². The van der Waals surface area contributed by atoms with Gasteiger partial charge in [0.25, 0.3) is 5.91 Å². The van der Waals surface area contributed by atoms with E-state index < -0.39 is 17.6 Å². The quantitative estimate of drug-likeness (QED) is 0.422. The van der Waals surface area contributed by atoms with Crippen LogP contribution in [0.15, 0.2) is 53.7 Å². The van der Waals surface area contributed by atoms with Crippen LogP contribution in [0.4, 0.5) is 10.5 Å². The lowest BCUT2D eigenvalue weighted by Gasteiger charge is -2.26. The molecule has 0 fully saturated rings. The molecule has 1 N–H and O–H groups in total. The van der Waals surface area contributed by atoms with Crippen LogP contribution in [0, 0.1) is 0 Å². The van der Waals surface area contributed by atoms with Gasteiger partial charge >= 0.3 is 12.1 Å². The van der Waals surface area contributed by atoms with E-state index >= 15 is 0 Å². The summed E-state index contributed by atoms with van der Waals surface area (Å²) in [5.41, 5.74) is 2.50. The number of pyridine rings is 1. The molecule has 0 saturated carbocycles. The monoisotopic (exact) mass is 431 g/mol. The predicted molar refractivity (Wildman–Crippen MR) is 114 cm³/mol. The lowest BCUT2D eigenvalue weighted by Crippen LogP contribution is -2.48. The van der Waals surface area contributed by atoms with Crippen molar-refractivity contribution in [3.63, 3.8) is 0 Å². The molecule has 9 heteroatoms. The van der Waals surface area contributed by atoms with Crippen molar-refractivity contribution in [1.29, 1.82) is 0 Å². The Labute approximate surface area is 179 Å². The number of nitrogens with one attached hydrogen (secondary N) is 1. The molecular weight excluding hydrogens is 406 g/mol. The number of hydrogen-bond donors (Lipinski definition) is 1. The first-order valence-corrected chi connectivity index (χ1v) is 10.3. The number of esters is 1. The molecule has 0 bridgehead atoms. The number of carbonyl (C=O) groups excluding carboxylic acids is 3. The summed E-state index contributed by atoms with van der Waals surface area (Å²) < 4.78 is 10.1. The number of hydrogen-bond acceptors (Lipinski definition) is 7. The molecule has 1 aromatic carbocycles. The average molecular weight is 432 g/mol. The van der Waals surface area contributed by atoms with Crippen molar-refractivity contribution in [2.24, 2.45) is 0 Å². The summed E-state index contributed by atoms with van der Waals surface area (Å²) in [6.07, 6.45) is 0.636. The van der Waals surface area contributed by atoms with Crippen LogP contribution in [-0.2, 0) is 14.3 Å². The molecule has 0 atom stereocenters. The van der Waals surface area contributed by atoms with Gasteiger partial charge in [-0.1, -0.05) is 30.0 Å². The molecule has 2 rings (SSSR count). The Morgan fingerprint density at radius 1 is 1.10 bits per heavy atom. The van der Waals surface area contributed by atoms with Gasteiger partial charge in [-0.25, -0.2) is 20.2 Å². The zero-order valence-corrected chi connectivity index (χ0v) is 18.2. The third kappa shape index (κ3) is 7.40. The second kappa shape index (κ2) is 10.6. The number of carbonyl (C=O) groups is 3. The van der Waals surface area contributed by atoms with Crippen molar-refractivity contribution in [1.82, 2.24) is 10.4 Å². The third-order valence-corrected chi connectivity index (χ3v) is 4.36. The molecule has 2 aromatic rings. The Bertz CT molecular complexity index is 866. The van der Waals surface area contributed by atoms with Gasteiger partial charge in [-0.15, -0.1) is 0 Å². The first-order valence-electron chi connectivity index (χ1n) is 9.33.